The summed E-state index contributed by atoms with van der Waals surface area (Å²) in [5.41, 5.74) is 1.42. The Hall–Kier alpha value is -0.720. The third-order valence-electron chi connectivity index (χ3n) is 8.20. The average Bonchev–Trinajstić information content (AvgIpc) is 2.88. The fourth-order valence-electron chi connectivity index (χ4n) is 5.65. The SMILES string of the molecule is C=C1OC(CCCCCCCCCCCCC)/C1=C/CCCCCCCCCCCCCCCCC. The van der Waals surface area contributed by atoms with Crippen LogP contribution in [0.15, 0.2) is 24.0 Å². The molecule has 0 radical (unpaired) electrons. The molecule has 1 heterocycles. The summed E-state index contributed by atoms with van der Waals surface area (Å²) in [4.78, 5) is 0. The minimum atomic E-state index is 0.354. The fraction of sp³-hybridized carbons (Fsp3) is 0.886. The van der Waals surface area contributed by atoms with Crippen molar-refractivity contribution in [2.75, 3.05) is 0 Å². The second-order valence-electron chi connectivity index (χ2n) is 11.8. The van der Waals surface area contributed by atoms with Crippen LogP contribution in [0, 0.1) is 0 Å². The maximum absolute atomic E-state index is 5.86. The zero-order chi connectivity index (χ0) is 25.9. The summed E-state index contributed by atoms with van der Waals surface area (Å²) in [5, 5.41) is 0. The van der Waals surface area contributed by atoms with Gasteiger partial charge in [0, 0.05) is 5.57 Å². The fourth-order valence-corrected chi connectivity index (χ4v) is 5.65. The molecule has 1 rings (SSSR count). The number of allylic oxidation sites excluding steroid dienone is 1. The van der Waals surface area contributed by atoms with Crippen molar-refractivity contribution in [3.63, 3.8) is 0 Å². The predicted octanol–water partition coefficient (Wildman–Crippen LogP) is 12.8. The maximum atomic E-state index is 5.86. The molecule has 1 atom stereocenters. The molecule has 0 aromatic rings. The van der Waals surface area contributed by atoms with Gasteiger partial charge in [-0.2, -0.15) is 0 Å². The highest BCUT2D eigenvalue weighted by Gasteiger charge is 2.29. The van der Waals surface area contributed by atoms with Gasteiger partial charge in [-0.15, -0.1) is 0 Å². The van der Waals surface area contributed by atoms with Crippen LogP contribution in [0.3, 0.4) is 0 Å². The van der Waals surface area contributed by atoms with Gasteiger partial charge in [0.2, 0.25) is 0 Å². The Morgan fingerprint density at radius 3 is 1.19 bits per heavy atom. The minimum absolute atomic E-state index is 0.354. The predicted molar refractivity (Wildman–Crippen MR) is 163 cm³/mol. The molecule has 36 heavy (non-hydrogen) atoms. The first-order valence-electron chi connectivity index (χ1n) is 16.9. The average molecular weight is 503 g/mol. The van der Waals surface area contributed by atoms with Crippen LogP contribution in [0.25, 0.3) is 0 Å². The Kier molecular flexibility index (Phi) is 24.0. The summed E-state index contributed by atoms with van der Waals surface area (Å²) >= 11 is 0. The highest BCUT2D eigenvalue weighted by molar-refractivity contribution is 5.35. The number of rotatable bonds is 28. The van der Waals surface area contributed by atoms with E-state index in [1.54, 1.807) is 0 Å². The second kappa shape index (κ2) is 25.9. The lowest BCUT2D eigenvalue weighted by Gasteiger charge is -2.34. The van der Waals surface area contributed by atoms with Gasteiger partial charge in [-0.05, 0) is 25.7 Å². The molecule has 1 heteroatoms. The summed E-state index contributed by atoms with van der Waals surface area (Å²) in [6, 6.07) is 0. The molecule has 0 bridgehead atoms. The third kappa shape index (κ3) is 19.4. The second-order valence-corrected chi connectivity index (χ2v) is 11.8. The van der Waals surface area contributed by atoms with E-state index in [-0.39, 0.29) is 0 Å². The molecule has 0 saturated carbocycles. The van der Waals surface area contributed by atoms with Crippen molar-refractivity contribution in [2.45, 2.75) is 200 Å². The van der Waals surface area contributed by atoms with Gasteiger partial charge >= 0.3 is 0 Å². The molecule has 0 aromatic heterocycles. The zero-order valence-electron chi connectivity index (χ0n) is 25.1. The normalized spacial score (nSPS) is 16.4. The van der Waals surface area contributed by atoms with Crippen LogP contribution in [0.1, 0.15) is 194 Å². The molecule has 0 N–H and O–H groups in total. The molecule has 0 aliphatic carbocycles. The van der Waals surface area contributed by atoms with Crippen LogP contribution in [-0.4, -0.2) is 6.10 Å². The van der Waals surface area contributed by atoms with Gasteiger partial charge in [-0.3, -0.25) is 0 Å². The van der Waals surface area contributed by atoms with Gasteiger partial charge in [-0.1, -0.05) is 181 Å². The summed E-state index contributed by atoms with van der Waals surface area (Å²) in [6.07, 6.45) is 42.2. The van der Waals surface area contributed by atoms with E-state index in [1.807, 2.05) is 0 Å². The van der Waals surface area contributed by atoms with Crippen molar-refractivity contribution < 1.29 is 4.74 Å². The first-order valence-corrected chi connectivity index (χ1v) is 16.9. The molecule has 1 saturated heterocycles. The Morgan fingerprint density at radius 2 is 0.833 bits per heavy atom. The van der Waals surface area contributed by atoms with E-state index in [4.69, 9.17) is 4.74 Å². The maximum Gasteiger partial charge on any atom is 0.127 e. The smallest absolute Gasteiger partial charge is 0.127 e. The molecule has 0 aromatic carbocycles. The van der Waals surface area contributed by atoms with Crippen LogP contribution in [0.5, 0.6) is 0 Å². The molecule has 1 nitrogen and oxygen atoms in total. The Morgan fingerprint density at radius 1 is 0.500 bits per heavy atom. The van der Waals surface area contributed by atoms with Gasteiger partial charge in [0.05, 0.1) is 0 Å². The van der Waals surface area contributed by atoms with E-state index in [0.717, 1.165) is 5.76 Å². The van der Waals surface area contributed by atoms with Crippen molar-refractivity contribution in [1.29, 1.82) is 0 Å². The first kappa shape index (κ1) is 33.3. The summed E-state index contributed by atoms with van der Waals surface area (Å²) in [6.45, 7) is 8.70. The first-order chi connectivity index (χ1) is 17.8. The van der Waals surface area contributed by atoms with Crippen LogP contribution in [0.4, 0.5) is 0 Å². The van der Waals surface area contributed by atoms with E-state index in [9.17, 15) is 0 Å². The molecule has 1 aliphatic heterocycles. The zero-order valence-corrected chi connectivity index (χ0v) is 25.1. The molecule has 212 valence electrons. The van der Waals surface area contributed by atoms with Crippen LogP contribution >= 0.6 is 0 Å². The molecule has 1 aliphatic rings. The Bertz CT molecular complexity index is 505. The van der Waals surface area contributed by atoms with Crippen LogP contribution in [-0.2, 0) is 4.74 Å². The number of hydrogen-bond acceptors (Lipinski definition) is 1. The lowest BCUT2D eigenvalue weighted by Crippen LogP contribution is -2.28. The summed E-state index contributed by atoms with van der Waals surface area (Å²) in [5.74, 6) is 0.948. The number of ether oxygens (including phenoxy) is 1. The van der Waals surface area contributed by atoms with Gasteiger partial charge < -0.3 is 4.74 Å². The summed E-state index contributed by atoms with van der Waals surface area (Å²) < 4.78 is 5.86. The van der Waals surface area contributed by atoms with Gasteiger partial charge in [-0.25, -0.2) is 0 Å². The van der Waals surface area contributed by atoms with Gasteiger partial charge in [0.1, 0.15) is 11.9 Å². The topological polar surface area (TPSA) is 9.23 Å². The lowest BCUT2D eigenvalue weighted by atomic mass is 9.94. The van der Waals surface area contributed by atoms with E-state index in [2.05, 4.69) is 26.5 Å². The molecule has 1 fully saturated rings. The van der Waals surface area contributed by atoms with E-state index in [1.165, 1.54) is 185 Å². The van der Waals surface area contributed by atoms with Gasteiger partial charge in [0.25, 0.3) is 0 Å². The van der Waals surface area contributed by atoms with Crippen molar-refractivity contribution in [1.82, 2.24) is 0 Å². The number of unbranched alkanes of at least 4 members (excludes halogenated alkanes) is 25. The highest BCUT2D eigenvalue weighted by atomic mass is 16.5. The van der Waals surface area contributed by atoms with Crippen molar-refractivity contribution in [2.24, 2.45) is 0 Å². The van der Waals surface area contributed by atoms with Crippen molar-refractivity contribution in [3.8, 4) is 0 Å². The van der Waals surface area contributed by atoms with E-state index in [0.29, 0.717) is 6.10 Å². The Labute approximate surface area is 228 Å². The quantitative estimate of drug-likeness (QED) is 0.0966. The molecule has 0 spiro atoms. The van der Waals surface area contributed by atoms with Crippen molar-refractivity contribution >= 4 is 0 Å². The number of hydrogen-bond donors (Lipinski definition) is 0. The largest absolute Gasteiger partial charge is 0.486 e. The molecular formula is C35H66O. The standard InChI is InChI=1S/C35H66O/c1-4-6-8-10-12-14-16-17-18-19-20-22-23-25-27-29-31-34-33(3)36-35(34)32-30-28-26-24-21-15-13-11-9-7-5-2/h31,35H,3-30,32H2,1-2H3/b34-31+. The monoisotopic (exact) mass is 503 g/mol. The van der Waals surface area contributed by atoms with E-state index >= 15 is 0 Å². The van der Waals surface area contributed by atoms with E-state index < -0.39 is 0 Å². The van der Waals surface area contributed by atoms with Gasteiger partial charge in [0.15, 0.2) is 0 Å². The lowest BCUT2D eigenvalue weighted by molar-refractivity contribution is 0.0744. The third-order valence-corrected chi connectivity index (χ3v) is 8.20. The van der Waals surface area contributed by atoms with Crippen LogP contribution < -0.4 is 0 Å². The summed E-state index contributed by atoms with van der Waals surface area (Å²) in [7, 11) is 0. The van der Waals surface area contributed by atoms with Crippen molar-refractivity contribution in [3.05, 3.63) is 24.0 Å². The molecule has 0 amide bonds. The highest BCUT2D eigenvalue weighted by Crippen LogP contribution is 2.34. The van der Waals surface area contributed by atoms with Crippen LogP contribution in [0.2, 0.25) is 0 Å². The minimum Gasteiger partial charge on any atom is -0.486 e. The molecule has 1 unspecified atom stereocenters. The Balaban J connectivity index is 1.85. The molecular weight excluding hydrogens is 436 g/mol.